The van der Waals surface area contributed by atoms with Crippen LogP contribution in [-0.2, 0) is 4.79 Å². The smallest absolute Gasteiger partial charge is 0.335 e. The number of rotatable bonds is 2. The van der Waals surface area contributed by atoms with Crippen LogP contribution in [0.4, 0.5) is 0 Å². The number of aromatic carboxylic acids is 1. The first-order valence-electron chi connectivity index (χ1n) is 4.04. The second-order valence-electron chi connectivity index (χ2n) is 2.56. The van der Waals surface area contributed by atoms with Crippen LogP contribution in [0.5, 0.6) is 5.75 Å². The van der Waals surface area contributed by atoms with Crippen LogP contribution in [0.1, 0.15) is 17.3 Å². The van der Waals surface area contributed by atoms with Gasteiger partial charge in [-0.25, -0.2) is 4.79 Å². The van der Waals surface area contributed by atoms with Crippen LogP contribution in [0.3, 0.4) is 0 Å². The lowest BCUT2D eigenvalue weighted by Crippen LogP contribution is -1.95. The Morgan fingerprint density at radius 3 is 2.20 bits per heavy atom. The monoisotopic (exact) mass is 212 g/mol. The quantitative estimate of drug-likeness (QED) is 0.775. The van der Waals surface area contributed by atoms with Crippen LogP contribution >= 0.6 is 0 Å². The molecule has 1 aromatic rings. The summed E-state index contributed by atoms with van der Waals surface area (Å²) in [7, 11) is 1.50. The van der Waals surface area contributed by atoms with E-state index >= 15 is 0 Å². The van der Waals surface area contributed by atoms with E-state index in [-0.39, 0.29) is 5.56 Å². The molecule has 0 aromatic heterocycles. The SMILES string of the molecule is CC(=O)O.COc1cccc(C(=O)O)c1. The topological polar surface area (TPSA) is 83.8 Å². The van der Waals surface area contributed by atoms with E-state index < -0.39 is 11.9 Å². The molecule has 0 aliphatic heterocycles. The van der Waals surface area contributed by atoms with Crippen molar-refractivity contribution in [2.24, 2.45) is 0 Å². The third-order valence-corrected chi connectivity index (χ3v) is 1.32. The minimum absolute atomic E-state index is 0.240. The predicted molar refractivity (Wildman–Crippen MR) is 53.3 cm³/mol. The maximum absolute atomic E-state index is 10.4. The molecule has 0 atom stereocenters. The van der Waals surface area contributed by atoms with Gasteiger partial charge in [0.2, 0.25) is 0 Å². The second-order valence-corrected chi connectivity index (χ2v) is 2.56. The molecule has 0 bridgehead atoms. The number of carbonyl (C=O) groups is 2. The first-order valence-corrected chi connectivity index (χ1v) is 4.04. The number of methoxy groups -OCH3 is 1. The number of aliphatic carboxylic acids is 1. The van der Waals surface area contributed by atoms with E-state index in [4.69, 9.17) is 19.7 Å². The van der Waals surface area contributed by atoms with Crippen LogP contribution in [0.2, 0.25) is 0 Å². The summed E-state index contributed by atoms with van der Waals surface area (Å²) >= 11 is 0. The minimum atomic E-state index is -0.941. The molecular weight excluding hydrogens is 200 g/mol. The van der Waals surface area contributed by atoms with E-state index in [1.807, 2.05) is 0 Å². The van der Waals surface area contributed by atoms with Crippen molar-refractivity contribution >= 4 is 11.9 Å². The largest absolute Gasteiger partial charge is 0.497 e. The first-order chi connectivity index (χ1) is 6.97. The predicted octanol–water partition coefficient (Wildman–Crippen LogP) is 1.48. The molecule has 0 aliphatic carbocycles. The summed E-state index contributed by atoms with van der Waals surface area (Å²) in [6, 6.07) is 6.34. The molecule has 0 fully saturated rings. The molecule has 0 unspecified atom stereocenters. The lowest BCUT2D eigenvalue weighted by molar-refractivity contribution is -0.134. The zero-order chi connectivity index (χ0) is 11.8. The highest BCUT2D eigenvalue weighted by Gasteiger charge is 2.01. The summed E-state index contributed by atoms with van der Waals surface area (Å²) < 4.78 is 4.84. The molecule has 2 N–H and O–H groups in total. The molecule has 0 saturated carbocycles. The van der Waals surface area contributed by atoms with Crippen molar-refractivity contribution < 1.29 is 24.5 Å². The number of hydrogen-bond donors (Lipinski definition) is 2. The zero-order valence-corrected chi connectivity index (χ0v) is 8.43. The van der Waals surface area contributed by atoms with Crippen molar-refractivity contribution in [2.75, 3.05) is 7.11 Å². The van der Waals surface area contributed by atoms with Gasteiger partial charge < -0.3 is 14.9 Å². The third kappa shape index (κ3) is 6.09. The van der Waals surface area contributed by atoms with Gasteiger partial charge in [-0.2, -0.15) is 0 Å². The molecule has 0 saturated heterocycles. The standard InChI is InChI=1S/C8H8O3.C2H4O2/c1-11-7-4-2-3-6(5-7)8(9)10;1-2(3)4/h2-5H,1H3,(H,9,10);1H3,(H,3,4). The Kier molecular flexibility index (Phi) is 5.55. The van der Waals surface area contributed by atoms with E-state index in [0.29, 0.717) is 5.75 Å². The van der Waals surface area contributed by atoms with Crippen molar-refractivity contribution in [3.8, 4) is 5.75 Å². The minimum Gasteiger partial charge on any atom is -0.497 e. The van der Waals surface area contributed by atoms with E-state index in [9.17, 15) is 4.79 Å². The third-order valence-electron chi connectivity index (χ3n) is 1.32. The van der Waals surface area contributed by atoms with Gasteiger partial charge in [-0.3, -0.25) is 4.79 Å². The maximum Gasteiger partial charge on any atom is 0.335 e. The summed E-state index contributed by atoms with van der Waals surface area (Å²) in [5.74, 6) is -1.21. The molecule has 0 spiro atoms. The molecule has 5 heteroatoms. The Labute approximate surface area is 86.9 Å². The highest BCUT2D eigenvalue weighted by molar-refractivity contribution is 5.87. The highest BCUT2D eigenvalue weighted by Crippen LogP contribution is 2.11. The van der Waals surface area contributed by atoms with E-state index in [1.54, 1.807) is 12.1 Å². The maximum atomic E-state index is 10.4. The Morgan fingerprint density at radius 1 is 1.27 bits per heavy atom. The lowest BCUT2D eigenvalue weighted by atomic mass is 10.2. The van der Waals surface area contributed by atoms with E-state index in [2.05, 4.69) is 0 Å². The average Bonchev–Trinajstić information content (AvgIpc) is 2.17. The van der Waals surface area contributed by atoms with Crippen LogP contribution in [0.25, 0.3) is 0 Å². The van der Waals surface area contributed by atoms with Gasteiger partial charge in [-0.1, -0.05) is 6.07 Å². The molecule has 15 heavy (non-hydrogen) atoms. The van der Waals surface area contributed by atoms with Gasteiger partial charge in [0, 0.05) is 6.92 Å². The molecule has 0 heterocycles. The summed E-state index contributed by atoms with van der Waals surface area (Å²) in [5, 5.41) is 16.0. The van der Waals surface area contributed by atoms with Gasteiger partial charge in [-0.05, 0) is 18.2 Å². The van der Waals surface area contributed by atoms with Crippen LogP contribution in [0.15, 0.2) is 24.3 Å². The highest BCUT2D eigenvalue weighted by atomic mass is 16.5. The number of benzene rings is 1. The van der Waals surface area contributed by atoms with Gasteiger partial charge >= 0.3 is 5.97 Å². The summed E-state index contributed by atoms with van der Waals surface area (Å²) in [5.41, 5.74) is 0.240. The van der Waals surface area contributed by atoms with Gasteiger partial charge in [0.1, 0.15) is 5.75 Å². The number of carboxylic acids is 2. The van der Waals surface area contributed by atoms with Crippen molar-refractivity contribution in [3.63, 3.8) is 0 Å². The van der Waals surface area contributed by atoms with Crippen molar-refractivity contribution in [2.45, 2.75) is 6.92 Å². The molecule has 0 aliphatic rings. The summed E-state index contributed by atoms with van der Waals surface area (Å²) in [4.78, 5) is 19.4. The van der Waals surface area contributed by atoms with Gasteiger partial charge in [0.15, 0.2) is 0 Å². The fraction of sp³-hybridized carbons (Fsp3) is 0.200. The van der Waals surface area contributed by atoms with Crippen molar-refractivity contribution in [3.05, 3.63) is 29.8 Å². The van der Waals surface area contributed by atoms with Crippen LogP contribution in [0, 0.1) is 0 Å². The Hall–Kier alpha value is -2.04. The summed E-state index contributed by atoms with van der Waals surface area (Å²) in [6.45, 7) is 1.08. The molecule has 0 radical (unpaired) electrons. The van der Waals surface area contributed by atoms with Gasteiger partial charge in [-0.15, -0.1) is 0 Å². The number of hydrogen-bond acceptors (Lipinski definition) is 3. The van der Waals surface area contributed by atoms with E-state index in [0.717, 1.165) is 6.92 Å². The second kappa shape index (κ2) is 6.42. The normalized spacial score (nSPS) is 8.40. The lowest BCUT2D eigenvalue weighted by Gasteiger charge is -1.98. The van der Waals surface area contributed by atoms with Gasteiger partial charge in [0.05, 0.1) is 12.7 Å². The molecule has 82 valence electrons. The number of ether oxygens (including phenoxy) is 1. The molecule has 5 nitrogen and oxygen atoms in total. The molecule has 0 amide bonds. The fourth-order valence-corrected chi connectivity index (χ4v) is 0.756. The zero-order valence-electron chi connectivity index (χ0n) is 8.43. The van der Waals surface area contributed by atoms with Crippen LogP contribution in [-0.4, -0.2) is 29.3 Å². The van der Waals surface area contributed by atoms with Crippen molar-refractivity contribution in [1.29, 1.82) is 0 Å². The van der Waals surface area contributed by atoms with E-state index in [1.165, 1.54) is 19.2 Å². The van der Waals surface area contributed by atoms with Crippen molar-refractivity contribution in [1.82, 2.24) is 0 Å². The fourth-order valence-electron chi connectivity index (χ4n) is 0.756. The number of carboxylic acid groups (broad SMARTS) is 2. The Balaban J connectivity index is 0.000000423. The molecule has 1 aromatic carbocycles. The average molecular weight is 212 g/mol. The van der Waals surface area contributed by atoms with Crippen LogP contribution < -0.4 is 4.74 Å². The Morgan fingerprint density at radius 2 is 1.80 bits per heavy atom. The molecule has 1 rings (SSSR count). The van der Waals surface area contributed by atoms with Gasteiger partial charge in [0.25, 0.3) is 5.97 Å². The molecular formula is C10H12O5. The summed E-state index contributed by atoms with van der Waals surface area (Å²) in [6.07, 6.45) is 0. The Bertz CT molecular complexity index is 341. The first kappa shape index (κ1) is 13.0.